The third-order valence-corrected chi connectivity index (χ3v) is 3.47. The third kappa shape index (κ3) is 4.26. The number of rotatable bonds is 7. The molecule has 0 saturated heterocycles. The van der Waals surface area contributed by atoms with Crippen molar-refractivity contribution in [2.45, 2.75) is 85.1 Å². The molecule has 1 heterocycles. The van der Waals surface area contributed by atoms with Gasteiger partial charge in [-0.25, -0.2) is 4.98 Å². The number of hydrogen-bond donors (Lipinski definition) is 1. The van der Waals surface area contributed by atoms with Crippen LogP contribution in [0.2, 0.25) is 0 Å². The van der Waals surface area contributed by atoms with Crippen LogP contribution in [0.25, 0.3) is 0 Å². The smallest absolute Gasteiger partial charge is 0.127 e. The van der Waals surface area contributed by atoms with Crippen molar-refractivity contribution in [3.63, 3.8) is 0 Å². The number of nitrogens with two attached hydrogens (primary N) is 1. The van der Waals surface area contributed by atoms with Gasteiger partial charge in [0.2, 0.25) is 0 Å². The van der Waals surface area contributed by atoms with Gasteiger partial charge in [-0.3, -0.25) is 0 Å². The molecule has 0 aliphatic heterocycles. The van der Waals surface area contributed by atoms with Gasteiger partial charge in [-0.1, -0.05) is 33.1 Å². The lowest BCUT2D eigenvalue weighted by Gasteiger charge is -2.25. The zero-order valence-corrected chi connectivity index (χ0v) is 13.4. The zero-order valence-electron chi connectivity index (χ0n) is 13.4. The lowest BCUT2D eigenvalue weighted by Crippen LogP contribution is -2.25. The lowest BCUT2D eigenvalue weighted by molar-refractivity contribution is 0.387. The molecule has 0 aliphatic carbocycles. The Labute approximate surface area is 118 Å². The van der Waals surface area contributed by atoms with Crippen molar-refractivity contribution in [2.24, 2.45) is 0 Å². The van der Waals surface area contributed by atoms with Gasteiger partial charge in [0.1, 0.15) is 11.6 Å². The Morgan fingerprint density at radius 3 is 2.21 bits per heavy atom. The van der Waals surface area contributed by atoms with Gasteiger partial charge >= 0.3 is 0 Å². The molecule has 0 unspecified atom stereocenters. The average molecular weight is 265 g/mol. The number of unbranched alkanes of at least 4 members (excludes halogenated alkanes) is 3. The van der Waals surface area contributed by atoms with E-state index in [1.807, 2.05) is 0 Å². The number of aryl methyl sites for hydroxylation is 2. The molecule has 1 aromatic rings. The number of anilines is 1. The van der Waals surface area contributed by atoms with Gasteiger partial charge in [-0.15, -0.1) is 0 Å². The van der Waals surface area contributed by atoms with Crippen LogP contribution >= 0.6 is 0 Å². The summed E-state index contributed by atoms with van der Waals surface area (Å²) in [4.78, 5) is 4.80. The molecule has 0 aromatic carbocycles. The SMILES string of the molecule is CCCCCCc1nc(CCC)n(C(C)(C)C)c1N. The Morgan fingerprint density at radius 2 is 1.68 bits per heavy atom. The predicted molar refractivity (Wildman–Crippen MR) is 83.5 cm³/mol. The largest absolute Gasteiger partial charge is 0.384 e. The predicted octanol–water partition coefficient (Wildman–Crippen LogP) is 4.30. The Hall–Kier alpha value is -0.990. The first-order valence-corrected chi connectivity index (χ1v) is 7.78. The molecule has 2 N–H and O–H groups in total. The van der Waals surface area contributed by atoms with Crippen LogP contribution in [-0.2, 0) is 18.4 Å². The van der Waals surface area contributed by atoms with E-state index >= 15 is 0 Å². The molecule has 0 bridgehead atoms. The fraction of sp³-hybridized carbons (Fsp3) is 0.812. The zero-order chi connectivity index (χ0) is 14.5. The average Bonchev–Trinajstić information content (AvgIpc) is 2.61. The van der Waals surface area contributed by atoms with E-state index in [9.17, 15) is 0 Å². The summed E-state index contributed by atoms with van der Waals surface area (Å²) in [5.41, 5.74) is 7.46. The van der Waals surface area contributed by atoms with Crippen LogP contribution in [0.3, 0.4) is 0 Å². The van der Waals surface area contributed by atoms with Gasteiger partial charge in [0.25, 0.3) is 0 Å². The molecule has 0 aliphatic rings. The molecule has 3 nitrogen and oxygen atoms in total. The second kappa shape index (κ2) is 6.97. The molecule has 1 aromatic heterocycles. The lowest BCUT2D eigenvalue weighted by atomic mass is 10.1. The van der Waals surface area contributed by atoms with Crippen molar-refractivity contribution < 1.29 is 0 Å². The summed E-state index contributed by atoms with van der Waals surface area (Å²) < 4.78 is 2.23. The Bertz CT molecular complexity index is 385. The van der Waals surface area contributed by atoms with Crippen molar-refractivity contribution in [1.82, 2.24) is 9.55 Å². The molecule has 0 fully saturated rings. The molecule has 0 saturated carbocycles. The molecule has 1 rings (SSSR count). The van der Waals surface area contributed by atoms with Crippen LogP contribution in [0, 0.1) is 0 Å². The van der Waals surface area contributed by atoms with Gasteiger partial charge in [-0.2, -0.15) is 0 Å². The molecule has 0 amide bonds. The van der Waals surface area contributed by atoms with Crippen molar-refractivity contribution in [3.05, 3.63) is 11.5 Å². The summed E-state index contributed by atoms with van der Waals surface area (Å²) in [6, 6.07) is 0. The standard InChI is InChI=1S/C16H31N3/c1-6-8-9-10-12-13-15(17)19(16(3,4)5)14(18-13)11-7-2/h6-12,17H2,1-5H3. The highest BCUT2D eigenvalue weighted by Gasteiger charge is 2.23. The van der Waals surface area contributed by atoms with Crippen molar-refractivity contribution >= 4 is 5.82 Å². The van der Waals surface area contributed by atoms with Crippen molar-refractivity contribution in [3.8, 4) is 0 Å². The van der Waals surface area contributed by atoms with Gasteiger partial charge < -0.3 is 10.3 Å². The van der Waals surface area contributed by atoms with Gasteiger partial charge in [0.05, 0.1) is 5.69 Å². The summed E-state index contributed by atoms with van der Waals surface area (Å²) in [6.07, 6.45) is 8.20. The molecular weight excluding hydrogens is 234 g/mol. The monoisotopic (exact) mass is 265 g/mol. The van der Waals surface area contributed by atoms with Crippen LogP contribution in [0.5, 0.6) is 0 Å². The number of aromatic nitrogens is 2. The maximum Gasteiger partial charge on any atom is 0.127 e. The Morgan fingerprint density at radius 1 is 1.00 bits per heavy atom. The quantitative estimate of drug-likeness (QED) is 0.747. The van der Waals surface area contributed by atoms with E-state index in [4.69, 9.17) is 10.7 Å². The summed E-state index contributed by atoms with van der Waals surface area (Å²) in [5, 5.41) is 0. The number of nitrogen functional groups attached to an aromatic ring is 1. The van der Waals surface area contributed by atoms with Crippen LogP contribution < -0.4 is 5.73 Å². The second-order valence-electron chi connectivity index (χ2n) is 6.43. The number of hydrogen-bond acceptors (Lipinski definition) is 2. The van der Waals surface area contributed by atoms with E-state index in [1.54, 1.807) is 0 Å². The molecule has 3 heteroatoms. The molecular formula is C16H31N3. The molecule has 0 atom stereocenters. The number of nitrogens with zero attached hydrogens (tertiary/aromatic N) is 2. The molecule has 0 spiro atoms. The fourth-order valence-electron chi connectivity index (χ4n) is 2.57. The van der Waals surface area contributed by atoms with Gasteiger partial charge in [0.15, 0.2) is 0 Å². The number of imidazole rings is 1. The molecule has 110 valence electrons. The van der Waals surface area contributed by atoms with Crippen molar-refractivity contribution in [1.29, 1.82) is 0 Å². The van der Waals surface area contributed by atoms with Crippen LogP contribution in [-0.4, -0.2) is 9.55 Å². The minimum absolute atomic E-state index is 0.0171. The molecule has 0 radical (unpaired) electrons. The Kier molecular flexibility index (Phi) is 5.89. The summed E-state index contributed by atoms with van der Waals surface area (Å²) in [6.45, 7) is 11.0. The second-order valence-corrected chi connectivity index (χ2v) is 6.43. The molecule has 19 heavy (non-hydrogen) atoms. The summed E-state index contributed by atoms with van der Waals surface area (Å²) in [5.74, 6) is 2.03. The van der Waals surface area contributed by atoms with E-state index < -0.39 is 0 Å². The first-order chi connectivity index (χ1) is 8.91. The summed E-state index contributed by atoms with van der Waals surface area (Å²) in [7, 11) is 0. The topological polar surface area (TPSA) is 43.8 Å². The minimum atomic E-state index is 0.0171. The van der Waals surface area contributed by atoms with E-state index in [0.29, 0.717) is 0 Å². The van der Waals surface area contributed by atoms with Gasteiger partial charge in [0, 0.05) is 12.0 Å². The first-order valence-electron chi connectivity index (χ1n) is 7.78. The van der Waals surface area contributed by atoms with Crippen molar-refractivity contribution in [2.75, 3.05) is 5.73 Å². The first kappa shape index (κ1) is 16.1. The van der Waals surface area contributed by atoms with E-state index in [1.165, 1.54) is 25.7 Å². The van der Waals surface area contributed by atoms with Crippen LogP contribution in [0.4, 0.5) is 5.82 Å². The normalized spacial score (nSPS) is 12.1. The van der Waals surface area contributed by atoms with E-state index in [0.717, 1.165) is 36.6 Å². The van der Waals surface area contributed by atoms with Crippen LogP contribution in [0.15, 0.2) is 0 Å². The highest BCUT2D eigenvalue weighted by Crippen LogP contribution is 2.26. The van der Waals surface area contributed by atoms with Crippen LogP contribution in [0.1, 0.15) is 78.2 Å². The maximum atomic E-state index is 6.34. The van der Waals surface area contributed by atoms with E-state index in [2.05, 4.69) is 39.2 Å². The van der Waals surface area contributed by atoms with E-state index in [-0.39, 0.29) is 5.54 Å². The highest BCUT2D eigenvalue weighted by atomic mass is 15.2. The Balaban J connectivity index is 2.88. The third-order valence-electron chi connectivity index (χ3n) is 3.47. The minimum Gasteiger partial charge on any atom is -0.384 e. The summed E-state index contributed by atoms with van der Waals surface area (Å²) >= 11 is 0. The highest BCUT2D eigenvalue weighted by molar-refractivity contribution is 5.39. The van der Waals surface area contributed by atoms with Gasteiger partial charge in [-0.05, 0) is 40.0 Å². The maximum absolute atomic E-state index is 6.34. The fourth-order valence-corrected chi connectivity index (χ4v) is 2.57.